The molecule has 1 saturated heterocycles. The van der Waals surface area contributed by atoms with Crippen LogP contribution in [0.25, 0.3) is 0 Å². The van der Waals surface area contributed by atoms with Crippen LogP contribution in [0.1, 0.15) is 12.8 Å². The fourth-order valence-corrected chi connectivity index (χ4v) is 1.75. The second-order valence-corrected chi connectivity index (χ2v) is 3.56. The summed E-state index contributed by atoms with van der Waals surface area (Å²) in [7, 11) is 0. The van der Waals surface area contributed by atoms with Gasteiger partial charge in [-0.05, 0) is 12.8 Å². The molecule has 76 valence electrons. The van der Waals surface area contributed by atoms with Crippen molar-refractivity contribution in [3.05, 3.63) is 23.8 Å². The van der Waals surface area contributed by atoms with Crippen molar-refractivity contribution in [3.8, 4) is 0 Å². The van der Waals surface area contributed by atoms with Gasteiger partial charge in [-0.1, -0.05) is 18.2 Å². The third-order valence-electron chi connectivity index (χ3n) is 2.59. The molecule has 1 amide bonds. The normalized spacial score (nSPS) is 22.0. The summed E-state index contributed by atoms with van der Waals surface area (Å²) in [6, 6.07) is 0. The van der Waals surface area contributed by atoms with Crippen molar-refractivity contribution in [2.75, 3.05) is 26.3 Å². The van der Waals surface area contributed by atoms with Crippen LogP contribution in [0, 0.1) is 0 Å². The maximum atomic E-state index is 11.9. The number of ether oxygens (including phenoxy) is 1. The second-order valence-electron chi connectivity index (χ2n) is 3.56. The van der Waals surface area contributed by atoms with E-state index in [-0.39, 0.29) is 5.91 Å². The minimum atomic E-state index is 0.192. The molecule has 1 aliphatic carbocycles. The molecule has 3 nitrogen and oxygen atoms in total. The number of carbonyl (C=O) groups is 1. The van der Waals surface area contributed by atoms with Crippen LogP contribution in [0.3, 0.4) is 0 Å². The average molecular weight is 193 g/mol. The van der Waals surface area contributed by atoms with Crippen molar-refractivity contribution in [2.24, 2.45) is 0 Å². The number of rotatable bonds is 1. The zero-order valence-electron chi connectivity index (χ0n) is 8.24. The molecule has 0 saturated carbocycles. The Bertz CT molecular complexity index is 275. The Morgan fingerprint density at radius 3 is 2.79 bits per heavy atom. The molecule has 3 heteroatoms. The summed E-state index contributed by atoms with van der Waals surface area (Å²) < 4.78 is 5.21. The zero-order valence-corrected chi connectivity index (χ0v) is 8.24. The molecule has 0 radical (unpaired) electrons. The quantitative estimate of drug-likeness (QED) is 0.624. The molecule has 0 aromatic rings. The molecule has 2 aliphatic rings. The molecule has 1 heterocycles. The minimum Gasteiger partial charge on any atom is -0.378 e. The second kappa shape index (κ2) is 4.42. The van der Waals surface area contributed by atoms with E-state index in [9.17, 15) is 4.79 Å². The van der Waals surface area contributed by atoms with Crippen LogP contribution in [0.15, 0.2) is 23.8 Å². The van der Waals surface area contributed by atoms with Crippen LogP contribution < -0.4 is 0 Å². The lowest BCUT2D eigenvalue weighted by Gasteiger charge is -2.28. The predicted octanol–water partition coefficient (Wildman–Crippen LogP) is 1.12. The molecule has 0 aromatic heterocycles. The number of amides is 1. The van der Waals surface area contributed by atoms with Gasteiger partial charge >= 0.3 is 0 Å². The van der Waals surface area contributed by atoms with E-state index in [2.05, 4.69) is 6.08 Å². The van der Waals surface area contributed by atoms with Crippen molar-refractivity contribution in [2.45, 2.75) is 12.8 Å². The maximum Gasteiger partial charge on any atom is 0.249 e. The highest BCUT2D eigenvalue weighted by Crippen LogP contribution is 2.15. The zero-order chi connectivity index (χ0) is 9.80. The number of nitrogens with zero attached hydrogens (tertiary/aromatic N) is 1. The van der Waals surface area contributed by atoms with Crippen molar-refractivity contribution in [3.63, 3.8) is 0 Å². The summed E-state index contributed by atoms with van der Waals surface area (Å²) in [5.74, 6) is 0.192. The van der Waals surface area contributed by atoms with E-state index in [1.54, 1.807) is 0 Å². The van der Waals surface area contributed by atoms with Gasteiger partial charge in [-0.15, -0.1) is 0 Å². The van der Waals surface area contributed by atoms with E-state index in [1.165, 1.54) is 0 Å². The van der Waals surface area contributed by atoms with Gasteiger partial charge in [-0.3, -0.25) is 4.79 Å². The van der Waals surface area contributed by atoms with Crippen LogP contribution in [0.4, 0.5) is 0 Å². The van der Waals surface area contributed by atoms with Crippen molar-refractivity contribution < 1.29 is 9.53 Å². The summed E-state index contributed by atoms with van der Waals surface area (Å²) >= 11 is 0. The highest BCUT2D eigenvalue weighted by Gasteiger charge is 2.20. The Balaban J connectivity index is 1.99. The molecule has 1 aliphatic heterocycles. The SMILES string of the molecule is O=C(C1=CC=CCC1)N1CCOCC1. The van der Waals surface area contributed by atoms with E-state index >= 15 is 0 Å². The van der Waals surface area contributed by atoms with Gasteiger partial charge in [0.1, 0.15) is 0 Å². The summed E-state index contributed by atoms with van der Waals surface area (Å²) in [5.41, 5.74) is 0.939. The van der Waals surface area contributed by atoms with Gasteiger partial charge in [-0.25, -0.2) is 0 Å². The molecule has 0 bridgehead atoms. The Morgan fingerprint density at radius 2 is 2.14 bits per heavy atom. The third-order valence-corrected chi connectivity index (χ3v) is 2.59. The van der Waals surface area contributed by atoms with Crippen LogP contribution in [0.5, 0.6) is 0 Å². The monoisotopic (exact) mass is 193 g/mol. The maximum absolute atomic E-state index is 11.9. The number of allylic oxidation sites excluding steroid dienone is 3. The van der Waals surface area contributed by atoms with E-state index in [0.29, 0.717) is 13.2 Å². The lowest BCUT2D eigenvalue weighted by molar-refractivity contribution is -0.131. The van der Waals surface area contributed by atoms with Gasteiger partial charge in [0.2, 0.25) is 5.91 Å². The molecular weight excluding hydrogens is 178 g/mol. The van der Waals surface area contributed by atoms with Gasteiger partial charge in [0.05, 0.1) is 13.2 Å². The van der Waals surface area contributed by atoms with Gasteiger partial charge in [0.15, 0.2) is 0 Å². The third kappa shape index (κ3) is 2.04. The first-order valence-electron chi connectivity index (χ1n) is 5.10. The standard InChI is InChI=1S/C11H15NO2/c13-11(10-4-2-1-3-5-10)12-6-8-14-9-7-12/h1-2,4H,3,5-9H2. The summed E-state index contributed by atoms with van der Waals surface area (Å²) in [6.07, 6.45) is 7.86. The number of hydrogen-bond donors (Lipinski definition) is 0. The smallest absolute Gasteiger partial charge is 0.249 e. The fraction of sp³-hybridized carbons (Fsp3) is 0.545. The number of carbonyl (C=O) groups excluding carboxylic acids is 1. The van der Waals surface area contributed by atoms with Crippen LogP contribution in [-0.2, 0) is 9.53 Å². The van der Waals surface area contributed by atoms with Crippen LogP contribution in [0.2, 0.25) is 0 Å². The number of hydrogen-bond acceptors (Lipinski definition) is 2. The largest absolute Gasteiger partial charge is 0.378 e. The highest BCUT2D eigenvalue weighted by atomic mass is 16.5. The van der Waals surface area contributed by atoms with Crippen molar-refractivity contribution in [1.82, 2.24) is 4.90 Å². The first-order chi connectivity index (χ1) is 6.88. The summed E-state index contributed by atoms with van der Waals surface area (Å²) in [4.78, 5) is 13.8. The molecule has 14 heavy (non-hydrogen) atoms. The molecule has 0 N–H and O–H groups in total. The Labute approximate surface area is 84.0 Å². The van der Waals surface area contributed by atoms with Gasteiger partial charge in [0.25, 0.3) is 0 Å². The number of morpholine rings is 1. The lowest BCUT2D eigenvalue weighted by Crippen LogP contribution is -2.41. The molecule has 0 unspecified atom stereocenters. The van der Waals surface area contributed by atoms with E-state index in [4.69, 9.17) is 4.74 Å². The highest BCUT2D eigenvalue weighted by molar-refractivity contribution is 5.94. The van der Waals surface area contributed by atoms with Crippen molar-refractivity contribution >= 4 is 5.91 Å². The van der Waals surface area contributed by atoms with Crippen LogP contribution in [-0.4, -0.2) is 37.1 Å². The lowest BCUT2D eigenvalue weighted by atomic mass is 10.0. The topological polar surface area (TPSA) is 29.5 Å². The van der Waals surface area contributed by atoms with Gasteiger partial charge < -0.3 is 9.64 Å². The fourth-order valence-electron chi connectivity index (χ4n) is 1.75. The van der Waals surface area contributed by atoms with Crippen molar-refractivity contribution in [1.29, 1.82) is 0 Å². The molecule has 0 atom stereocenters. The van der Waals surface area contributed by atoms with Gasteiger partial charge in [0, 0.05) is 18.7 Å². The molecule has 0 aromatic carbocycles. The van der Waals surface area contributed by atoms with E-state index in [0.717, 1.165) is 31.5 Å². The van der Waals surface area contributed by atoms with Crippen LogP contribution >= 0.6 is 0 Å². The Kier molecular flexibility index (Phi) is 2.99. The Morgan fingerprint density at radius 1 is 1.36 bits per heavy atom. The molecular formula is C11H15NO2. The predicted molar refractivity (Wildman–Crippen MR) is 53.9 cm³/mol. The molecule has 1 fully saturated rings. The molecule has 0 spiro atoms. The first kappa shape index (κ1) is 9.46. The molecule has 2 rings (SSSR count). The van der Waals surface area contributed by atoms with Gasteiger partial charge in [-0.2, -0.15) is 0 Å². The Hall–Kier alpha value is -1.09. The first-order valence-corrected chi connectivity index (χ1v) is 5.10. The minimum absolute atomic E-state index is 0.192. The van der Waals surface area contributed by atoms with E-state index < -0.39 is 0 Å². The summed E-state index contributed by atoms with van der Waals surface area (Å²) in [6.45, 7) is 2.82. The average Bonchev–Trinajstić information content (AvgIpc) is 2.30. The van der Waals surface area contributed by atoms with E-state index in [1.807, 2.05) is 17.1 Å². The summed E-state index contributed by atoms with van der Waals surface area (Å²) in [5, 5.41) is 0.